The standard InChI is InChI=1S/C17H17Cl2NO6/c1-9-11(18)3-4-12(19)13(9)17(20(23)24)14(21)16(26-15(17)22)7-5-10(25-2)6-8-16/h3-4,10H,5-8H2,1-2H3. The Morgan fingerprint density at radius 1 is 1.23 bits per heavy atom. The van der Waals surface area contributed by atoms with Crippen molar-refractivity contribution in [2.24, 2.45) is 0 Å². The van der Waals surface area contributed by atoms with Gasteiger partial charge < -0.3 is 9.47 Å². The molecule has 1 unspecified atom stereocenters. The molecule has 1 aromatic rings. The first-order chi connectivity index (χ1) is 12.2. The van der Waals surface area contributed by atoms with Crippen LogP contribution in [0.1, 0.15) is 36.8 Å². The van der Waals surface area contributed by atoms with Gasteiger partial charge >= 0.3 is 11.5 Å². The maximum absolute atomic E-state index is 13.3. The zero-order valence-electron chi connectivity index (χ0n) is 14.2. The number of hydrogen-bond donors (Lipinski definition) is 0. The van der Waals surface area contributed by atoms with E-state index in [9.17, 15) is 19.7 Å². The van der Waals surface area contributed by atoms with Crippen LogP contribution in [0.15, 0.2) is 12.1 Å². The molecule has 0 aromatic heterocycles. The number of carbonyl (C=O) groups excluding carboxylic acids is 2. The molecule has 140 valence electrons. The maximum atomic E-state index is 13.3. The van der Waals surface area contributed by atoms with E-state index in [0.29, 0.717) is 12.8 Å². The molecule has 1 heterocycles. The van der Waals surface area contributed by atoms with Gasteiger partial charge in [-0.15, -0.1) is 0 Å². The number of hydrogen-bond acceptors (Lipinski definition) is 6. The van der Waals surface area contributed by atoms with Crippen molar-refractivity contribution in [3.8, 4) is 0 Å². The van der Waals surface area contributed by atoms with E-state index >= 15 is 0 Å². The number of Topliss-reactive ketones (excluding diaryl/α,β-unsaturated/α-hetero) is 1. The van der Waals surface area contributed by atoms with Gasteiger partial charge in [0.25, 0.3) is 5.78 Å². The third-order valence-corrected chi connectivity index (χ3v) is 6.11. The van der Waals surface area contributed by atoms with Crippen LogP contribution < -0.4 is 0 Å². The van der Waals surface area contributed by atoms with Crippen molar-refractivity contribution in [1.82, 2.24) is 0 Å². The number of methoxy groups -OCH3 is 1. The molecule has 1 saturated carbocycles. The fourth-order valence-electron chi connectivity index (χ4n) is 3.90. The summed E-state index contributed by atoms with van der Waals surface area (Å²) in [5.74, 6) is -2.10. The predicted molar refractivity (Wildman–Crippen MR) is 93.0 cm³/mol. The molecule has 1 spiro atoms. The Morgan fingerprint density at radius 2 is 1.81 bits per heavy atom. The zero-order chi connectivity index (χ0) is 19.3. The van der Waals surface area contributed by atoms with Gasteiger partial charge in [-0.25, -0.2) is 4.79 Å². The second kappa shape index (κ2) is 6.48. The summed E-state index contributed by atoms with van der Waals surface area (Å²) in [4.78, 5) is 37.3. The van der Waals surface area contributed by atoms with E-state index in [1.165, 1.54) is 19.1 Å². The first-order valence-corrected chi connectivity index (χ1v) is 8.87. The Morgan fingerprint density at radius 3 is 2.35 bits per heavy atom. The molecule has 0 N–H and O–H groups in total. The number of esters is 1. The Hall–Kier alpha value is -1.70. The number of ketones is 1. The van der Waals surface area contributed by atoms with Crippen LogP contribution in [-0.4, -0.2) is 35.5 Å². The van der Waals surface area contributed by atoms with Crippen molar-refractivity contribution in [2.75, 3.05) is 7.11 Å². The minimum Gasteiger partial charge on any atom is -0.445 e. The number of ether oxygens (including phenoxy) is 2. The molecule has 9 heteroatoms. The minimum atomic E-state index is -2.70. The molecule has 2 aliphatic rings. The molecule has 1 atom stereocenters. The Bertz CT molecular complexity index is 803. The van der Waals surface area contributed by atoms with Crippen LogP contribution in [0.25, 0.3) is 0 Å². The summed E-state index contributed by atoms with van der Waals surface area (Å²) in [5, 5.41) is 12.2. The molecule has 0 bridgehead atoms. The number of nitro groups is 1. The lowest BCUT2D eigenvalue weighted by molar-refractivity contribution is -0.543. The van der Waals surface area contributed by atoms with E-state index in [4.69, 9.17) is 32.7 Å². The lowest BCUT2D eigenvalue weighted by Crippen LogP contribution is -2.52. The van der Waals surface area contributed by atoms with Crippen molar-refractivity contribution >= 4 is 35.0 Å². The lowest BCUT2D eigenvalue weighted by atomic mass is 9.73. The van der Waals surface area contributed by atoms with E-state index in [0.717, 1.165) is 0 Å². The van der Waals surface area contributed by atoms with E-state index < -0.39 is 27.8 Å². The second-order valence-corrected chi connectivity index (χ2v) is 7.46. The van der Waals surface area contributed by atoms with Gasteiger partial charge in [-0.2, -0.15) is 0 Å². The molecular weight excluding hydrogens is 385 g/mol. The summed E-state index contributed by atoms with van der Waals surface area (Å²) >= 11 is 12.3. The third-order valence-electron chi connectivity index (χ3n) is 5.38. The fraction of sp³-hybridized carbons (Fsp3) is 0.529. The van der Waals surface area contributed by atoms with Gasteiger partial charge in [0.15, 0.2) is 5.60 Å². The van der Waals surface area contributed by atoms with E-state index in [-0.39, 0.29) is 40.1 Å². The number of nitrogens with zero attached hydrogens (tertiary/aromatic N) is 1. The molecule has 1 saturated heterocycles. The fourth-order valence-corrected chi connectivity index (χ4v) is 4.40. The highest BCUT2D eigenvalue weighted by atomic mass is 35.5. The molecule has 1 aliphatic heterocycles. The van der Waals surface area contributed by atoms with Gasteiger partial charge in [-0.05, 0) is 50.3 Å². The quantitative estimate of drug-likeness (QED) is 0.333. The van der Waals surface area contributed by atoms with Crippen LogP contribution in [0.5, 0.6) is 0 Å². The topological polar surface area (TPSA) is 95.7 Å². The largest absolute Gasteiger partial charge is 0.445 e. The van der Waals surface area contributed by atoms with Crippen LogP contribution in [0, 0.1) is 17.0 Å². The average molecular weight is 402 g/mol. The summed E-state index contributed by atoms with van der Waals surface area (Å²) < 4.78 is 10.7. The summed E-state index contributed by atoms with van der Waals surface area (Å²) in [7, 11) is 1.56. The van der Waals surface area contributed by atoms with Gasteiger partial charge in [0.1, 0.15) is 0 Å². The maximum Gasteiger partial charge on any atom is 0.404 e. The number of halogens is 2. The van der Waals surface area contributed by atoms with E-state index in [2.05, 4.69) is 0 Å². The monoisotopic (exact) mass is 401 g/mol. The summed E-state index contributed by atoms with van der Waals surface area (Å²) in [6.07, 6.45) is 1.19. The smallest absolute Gasteiger partial charge is 0.404 e. The van der Waals surface area contributed by atoms with Crippen molar-refractivity contribution < 1.29 is 24.0 Å². The number of carbonyl (C=O) groups is 2. The highest BCUT2D eigenvalue weighted by Crippen LogP contribution is 2.50. The van der Waals surface area contributed by atoms with Gasteiger partial charge in [-0.3, -0.25) is 14.9 Å². The van der Waals surface area contributed by atoms with Gasteiger partial charge in [-0.1, -0.05) is 23.2 Å². The first kappa shape index (κ1) is 19.1. The van der Waals surface area contributed by atoms with Crippen molar-refractivity contribution in [1.29, 1.82) is 0 Å². The van der Waals surface area contributed by atoms with Gasteiger partial charge in [0.05, 0.1) is 21.6 Å². The Balaban J connectivity index is 2.18. The molecule has 0 radical (unpaired) electrons. The predicted octanol–water partition coefficient (Wildman–Crippen LogP) is 3.23. The third kappa shape index (κ3) is 2.45. The molecule has 0 amide bonds. The van der Waals surface area contributed by atoms with Crippen LogP contribution in [0.3, 0.4) is 0 Å². The highest BCUT2D eigenvalue weighted by molar-refractivity contribution is 6.35. The Labute approximate surface area is 159 Å². The summed E-state index contributed by atoms with van der Waals surface area (Å²) in [6, 6.07) is 2.80. The van der Waals surface area contributed by atoms with Crippen LogP contribution in [0.2, 0.25) is 10.0 Å². The molecule has 1 aliphatic carbocycles. The number of rotatable bonds is 3. The van der Waals surface area contributed by atoms with E-state index in [1.54, 1.807) is 7.11 Å². The van der Waals surface area contributed by atoms with Gasteiger partial charge in [0.2, 0.25) is 0 Å². The molecule has 26 heavy (non-hydrogen) atoms. The Kier molecular flexibility index (Phi) is 4.75. The van der Waals surface area contributed by atoms with Crippen molar-refractivity contribution in [3.63, 3.8) is 0 Å². The second-order valence-electron chi connectivity index (χ2n) is 6.64. The molecule has 1 aromatic carbocycles. The SMILES string of the molecule is COC1CCC2(CC1)OC(=O)C(c1c(Cl)ccc(Cl)c1C)([N+](=O)[O-])C2=O. The summed E-state index contributed by atoms with van der Waals surface area (Å²) in [5.41, 5.74) is -4.23. The zero-order valence-corrected chi connectivity index (χ0v) is 15.7. The summed E-state index contributed by atoms with van der Waals surface area (Å²) in [6.45, 7) is 1.49. The molecule has 3 rings (SSSR count). The van der Waals surface area contributed by atoms with E-state index in [1.807, 2.05) is 0 Å². The minimum absolute atomic E-state index is 0.0727. The normalized spacial score (nSPS) is 31.3. The molecular formula is C17H17Cl2NO6. The highest BCUT2D eigenvalue weighted by Gasteiger charge is 2.75. The van der Waals surface area contributed by atoms with Crippen LogP contribution >= 0.6 is 23.2 Å². The molecule has 7 nitrogen and oxygen atoms in total. The van der Waals surface area contributed by atoms with Crippen LogP contribution in [-0.2, 0) is 24.6 Å². The van der Waals surface area contributed by atoms with Crippen molar-refractivity contribution in [2.45, 2.75) is 49.9 Å². The van der Waals surface area contributed by atoms with Crippen molar-refractivity contribution in [3.05, 3.63) is 43.4 Å². The lowest BCUT2D eigenvalue weighted by Gasteiger charge is -2.33. The van der Waals surface area contributed by atoms with Gasteiger partial charge in [0, 0.05) is 12.1 Å². The molecule has 2 fully saturated rings. The first-order valence-electron chi connectivity index (χ1n) is 8.11. The number of benzene rings is 1. The van der Waals surface area contributed by atoms with Crippen LogP contribution in [0.4, 0.5) is 0 Å². The average Bonchev–Trinajstić information content (AvgIpc) is 2.81.